The van der Waals surface area contributed by atoms with Crippen molar-refractivity contribution in [3.8, 4) is 0 Å². The van der Waals surface area contributed by atoms with E-state index in [9.17, 15) is 5.11 Å². The molecule has 2 heteroatoms. The predicted octanol–water partition coefficient (Wildman–Crippen LogP) is 2.56. The Balaban J connectivity index is 2.36. The highest BCUT2D eigenvalue weighted by molar-refractivity contribution is 4.84. The molecular formula is C13H27NO. The molecule has 1 saturated carbocycles. The zero-order chi connectivity index (χ0) is 11.4. The van der Waals surface area contributed by atoms with E-state index >= 15 is 0 Å². The second-order valence-corrected chi connectivity index (χ2v) is 5.53. The highest BCUT2D eigenvalue weighted by Gasteiger charge is 2.27. The number of hydrogen-bond donors (Lipinski definition) is 2. The van der Waals surface area contributed by atoms with E-state index in [2.05, 4.69) is 26.1 Å². The summed E-state index contributed by atoms with van der Waals surface area (Å²) < 4.78 is 0. The Kier molecular flexibility index (Phi) is 5.07. The van der Waals surface area contributed by atoms with Crippen molar-refractivity contribution in [1.29, 1.82) is 0 Å². The fourth-order valence-corrected chi connectivity index (χ4v) is 2.76. The van der Waals surface area contributed by atoms with E-state index in [0.29, 0.717) is 12.1 Å². The first-order valence-electron chi connectivity index (χ1n) is 6.44. The molecule has 15 heavy (non-hydrogen) atoms. The molecule has 0 radical (unpaired) electrons. The molecule has 0 aromatic carbocycles. The van der Waals surface area contributed by atoms with Crippen molar-refractivity contribution in [3.63, 3.8) is 0 Å². The molecule has 0 aliphatic heterocycles. The quantitative estimate of drug-likeness (QED) is 0.752. The summed E-state index contributed by atoms with van der Waals surface area (Å²) in [6, 6.07) is 1.09. The minimum absolute atomic E-state index is 0.191. The van der Waals surface area contributed by atoms with E-state index in [1.807, 2.05) is 6.92 Å². The summed E-state index contributed by atoms with van der Waals surface area (Å²) in [5.74, 6) is 1.62. The van der Waals surface area contributed by atoms with Gasteiger partial charge in [0, 0.05) is 12.1 Å². The number of hydrogen-bond acceptors (Lipinski definition) is 2. The maximum Gasteiger partial charge on any atom is 0.0526 e. The third kappa shape index (κ3) is 4.12. The van der Waals surface area contributed by atoms with Gasteiger partial charge in [-0.3, -0.25) is 0 Å². The van der Waals surface area contributed by atoms with Gasteiger partial charge in [-0.05, 0) is 38.5 Å². The van der Waals surface area contributed by atoms with Crippen molar-refractivity contribution in [2.24, 2.45) is 11.8 Å². The first-order chi connectivity index (χ1) is 7.00. The molecular weight excluding hydrogens is 186 g/mol. The molecule has 0 aromatic rings. The van der Waals surface area contributed by atoms with E-state index in [0.717, 1.165) is 18.3 Å². The zero-order valence-electron chi connectivity index (χ0n) is 10.7. The first kappa shape index (κ1) is 13.0. The van der Waals surface area contributed by atoms with Gasteiger partial charge in [0.1, 0.15) is 0 Å². The van der Waals surface area contributed by atoms with E-state index in [1.165, 1.54) is 19.3 Å². The maximum atomic E-state index is 9.33. The van der Waals surface area contributed by atoms with Crippen molar-refractivity contribution in [1.82, 2.24) is 5.32 Å². The van der Waals surface area contributed by atoms with Gasteiger partial charge in [-0.15, -0.1) is 0 Å². The largest absolute Gasteiger partial charge is 0.393 e. The van der Waals surface area contributed by atoms with Crippen LogP contribution in [0.25, 0.3) is 0 Å². The minimum atomic E-state index is -0.191. The summed E-state index contributed by atoms with van der Waals surface area (Å²) in [4.78, 5) is 0. The number of rotatable bonds is 4. The lowest BCUT2D eigenvalue weighted by atomic mass is 9.78. The molecule has 90 valence electrons. The van der Waals surface area contributed by atoms with Crippen molar-refractivity contribution < 1.29 is 5.11 Å². The Bertz CT molecular complexity index is 181. The lowest BCUT2D eigenvalue weighted by Crippen LogP contribution is -2.45. The van der Waals surface area contributed by atoms with Gasteiger partial charge in [-0.25, -0.2) is 0 Å². The summed E-state index contributed by atoms with van der Waals surface area (Å²) in [7, 11) is 0. The van der Waals surface area contributed by atoms with Crippen molar-refractivity contribution >= 4 is 0 Å². The lowest BCUT2D eigenvalue weighted by Gasteiger charge is -2.36. The summed E-state index contributed by atoms with van der Waals surface area (Å²) >= 11 is 0. The second kappa shape index (κ2) is 5.86. The Morgan fingerprint density at radius 1 is 1.27 bits per heavy atom. The Labute approximate surface area is 94.5 Å². The molecule has 0 spiro atoms. The molecule has 1 rings (SSSR count). The first-order valence-corrected chi connectivity index (χ1v) is 6.44. The van der Waals surface area contributed by atoms with Crippen LogP contribution in [0.1, 0.15) is 53.4 Å². The predicted molar refractivity (Wildman–Crippen MR) is 64.9 cm³/mol. The normalized spacial score (nSPS) is 36.2. The summed E-state index contributed by atoms with van der Waals surface area (Å²) in [6.07, 6.45) is 4.70. The molecule has 1 fully saturated rings. The average Bonchev–Trinajstić information content (AvgIpc) is 2.11. The van der Waals surface area contributed by atoms with E-state index < -0.39 is 0 Å². The van der Waals surface area contributed by atoms with Gasteiger partial charge in [0.05, 0.1) is 6.10 Å². The molecule has 0 aromatic heterocycles. The van der Waals surface area contributed by atoms with Crippen molar-refractivity contribution in [3.05, 3.63) is 0 Å². The van der Waals surface area contributed by atoms with Crippen LogP contribution >= 0.6 is 0 Å². The van der Waals surface area contributed by atoms with Crippen LogP contribution in [0.3, 0.4) is 0 Å². The van der Waals surface area contributed by atoms with Crippen LogP contribution in [-0.4, -0.2) is 23.3 Å². The molecule has 0 bridgehead atoms. The fourth-order valence-electron chi connectivity index (χ4n) is 2.76. The van der Waals surface area contributed by atoms with Gasteiger partial charge in [-0.2, -0.15) is 0 Å². The molecule has 0 heterocycles. The molecule has 2 N–H and O–H groups in total. The lowest BCUT2D eigenvalue weighted by molar-refractivity contribution is 0.149. The highest BCUT2D eigenvalue weighted by Crippen LogP contribution is 2.29. The SMILES string of the molecule is CC(O)CC(C)NC1CCCC(C)C1C. The number of aliphatic hydroxyl groups excluding tert-OH is 1. The smallest absolute Gasteiger partial charge is 0.0526 e. The van der Waals surface area contributed by atoms with E-state index in [-0.39, 0.29) is 6.10 Å². The third-order valence-electron chi connectivity index (χ3n) is 3.90. The average molecular weight is 213 g/mol. The Hall–Kier alpha value is -0.0800. The molecule has 0 amide bonds. The van der Waals surface area contributed by atoms with Gasteiger partial charge in [0.25, 0.3) is 0 Å². The molecule has 2 nitrogen and oxygen atoms in total. The van der Waals surface area contributed by atoms with Crippen LogP contribution in [0, 0.1) is 11.8 Å². The standard InChI is InChI=1S/C13H27NO/c1-9-6-5-7-13(12(9)4)14-10(2)8-11(3)15/h9-15H,5-8H2,1-4H3. The summed E-state index contributed by atoms with van der Waals surface area (Å²) in [5.41, 5.74) is 0. The van der Waals surface area contributed by atoms with Gasteiger partial charge in [0.2, 0.25) is 0 Å². The van der Waals surface area contributed by atoms with Gasteiger partial charge < -0.3 is 10.4 Å². The Morgan fingerprint density at radius 2 is 1.93 bits per heavy atom. The highest BCUT2D eigenvalue weighted by atomic mass is 16.3. The molecule has 0 saturated heterocycles. The van der Waals surface area contributed by atoms with Crippen LogP contribution in [0.5, 0.6) is 0 Å². The van der Waals surface area contributed by atoms with E-state index in [4.69, 9.17) is 0 Å². The molecule has 1 aliphatic rings. The van der Waals surface area contributed by atoms with E-state index in [1.54, 1.807) is 0 Å². The monoisotopic (exact) mass is 213 g/mol. The summed E-state index contributed by atoms with van der Waals surface area (Å²) in [5, 5.41) is 13.0. The topological polar surface area (TPSA) is 32.3 Å². The van der Waals surface area contributed by atoms with Crippen LogP contribution in [0.15, 0.2) is 0 Å². The zero-order valence-corrected chi connectivity index (χ0v) is 10.7. The molecule has 5 unspecified atom stereocenters. The molecule has 5 atom stereocenters. The van der Waals surface area contributed by atoms with Crippen LogP contribution in [-0.2, 0) is 0 Å². The summed E-state index contributed by atoms with van der Waals surface area (Å²) in [6.45, 7) is 8.76. The fraction of sp³-hybridized carbons (Fsp3) is 1.00. The Morgan fingerprint density at radius 3 is 2.53 bits per heavy atom. The third-order valence-corrected chi connectivity index (χ3v) is 3.90. The number of nitrogens with one attached hydrogen (secondary N) is 1. The van der Waals surface area contributed by atoms with Crippen molar-refractivity contribution in [2.75, 3.05) is 0 Å². The number of aliphatic hydroxyl groups is 1. The van der Waals surface area contributed by atoms with Gasteiger partial charge >= 0.3 is 0 Å². The van der Waals surface area contributed by atoms with Crippen LogP contribution in [0.2, 0.25) is 0 Å². The van der Waals surface area contributed by atoms with Crippen LogP contribution < -0.4 is 5.32 Å². The second-order valence-electron chi connectivity index (χ2n) is 5.53. The maximum absolute atomic E-state index is 9.33. The molecule has 1 aliphatic carbocycles. The van der Waals surface area contributed by atoms with Crippen molar-refractivity contribution in [2.45, 2.75) is 71.6 Å². The minimum Gasteiger partial charge on any atom is -0.393 e. The van der Waals surface area contributed by atoms with Gasteiger partial charge in [-0.1, -0.05) is 26.7 Å². The van der Waals surface area contributed by atoms with Gasteiger partial charge in [0.15, 0.2) is 0 Å². The van der Waals surface area contributed by atoms with Crippen LogP contribution in [0.4, 0.5) is 0 Å².